The molecule has 0 saturated heterocycles. The van der Waals surface area contributed by atoms with Crippen molar-refractivity contribution in [2.75, 3.05) is 0 Å². The third kappa shape index (κ3) is 2.76. The lowest BCUT2D eigenvalue weighted by atomic mass is 10.0. The molecule has 2 nitrogen and oxygen atoms in total. The van der Waals surface area contributed by atoms with Crippen LogP contribution in [0.2, 0.25) is 0 Å². The van der Waals surface area contributed by atoms with Gasteiger partial charge in [0, 0.05) is 24.5 Å². The van der Waals surface area contributed by atoms with E-state index in [2.05, 4.69) is 0 Å². The maximum Gasteiger partial charge on any atom is 0.126 e. The molecule has 0 amide bonds. The molecule has 0 fully saturated rings. The average molecular weight is 252 g/mol. The van der Waals surface area contributed by atoms with Crippen molar-refractivity contribution in [3.63, 3.8) is 0 Å². The molecule has 1 N–H and O–H groups in total. The zero-order valence-corrected chi connectivity index (χ0v) is 9.99. The van der Waals surface area contributed by atoms with E-state index in [1.54, 1.807) is 6.07 Å². The number of rotatable bonds is 4. The zero-order valence-electron chi connectivity index (χ0n) is 9.99. The number of benzene rings is 1. The molecule has 0 aliphatic rings. The van der Waals surface area contributed by atoms with Gasteiger partial charge in [-0.25, -0.2) is 8.78 Å². The summed E-state index contributed by atoms with van der Waals surface area (Å²) in [5.41, 5.74) is 1.09. The minimum Gasteiger partial charge on any atom is -0.469 e. The van der Waals surface area contributed by atoms with Gasteiger partial charge >= 0.3 is 0 Å². The minimum absolute atomic E-state index is 0.154. The monoisotopic (exact) mass is 252 g/mol. The van der Waals surface area contributed by atoms with Crippen LogP contribution in [-0.4, -0.2) is 5.11 Å². The van der Waals surface area contributed by atoms with Crippen molar-refractivity contribution in [1.29, 1.82) is 0 Å². The van der Waals surface area contributed by atoms with E-state index in [1.807, 2.05) is 6.92 Å². The summed E-state index contributed by atoms with van der Waals surface area (Å²) >= 11 is 0. The van der Waals surface area contributed by atoms with E-state index >= 15 is 0 Å². The largest absolute Gasteiger partial charge is 0.469 e. The number of aliphatic hydroxyl groups excluding tert-OH is 1. The first-order chi connectivity index (χ1) is 8.60. The van der Waals surface area contributed by atoms with E-state index in [0.29, 0.717) is 23.3 Å². The Balaban J connectivity index is 2.18. The first-order valence-electron chi connectivity index (χ1n) is 5.79. The van der Waals surface area contributed by atoms with Gasteiger partial charge in [0.05, 0.1) is 12.4 Å². The Labute approximate surface area is 104 Å². The van der Waals surface area contributed by atoms with Crippen molar-refractivity contribution in [3.05, 3.63) is 59.1 Å². The molecule has 0 spiro atoms. The third-order valence-electron chi connectivity index (χ3n) is 2.81. The molecule has 1 atom stereocenters. The molecule has 0 saturated carbocycles. The van der Waals surface area contributed by atoms with Crippen LogP contribution in [-0.2, 0) is 12.8 Å². The maximum atomic E-state index is 13.0. The van der Waals surface area contributed by atoms with Gasteiger partial charge in [-0.2, -0.15) is 0 Å². The zero-order chi connectivity index (χ0) is 13.1. The Bertz CT molecular complexity index is 514. The van der Waals surface area contributed by atoms with E-state index in [9.17, 15) is 13.9 Å². The first-order valence-corrected chi connectivity index (χ1v) is 5.79. The summed E-state index contributed by atoms with van der Waals surface area (Å²) < 4.78 is 31.3. The predicted octanol–water partition coefficient (Wildman–Crippen LogP) is 3.40. The van der Waals surface area contributed by atoms with E-state index in [4.69, 9.17) is 4.42 Å². The number of aliphatic hydroxyl groups is 1. The average Bonchev–Trinajstić information content (AvgIpc) is 2.75. The van der Waals surface area contributed by atoms with Crippen molar-refractivity contribution in [1.82, 2.24) is 0 Å². The Morgan fingerprint density at radius 2 is 1.89 bits per heavy atom. The second-order valence-corrected chi connectivity index (χ2v) is 4.15. The predicted molar refractivity (Wildman–Crippen MR) is 63.1 cm³/mol. The van der Waals surface area contributed by atoms with Gasteiger partial charge in [-0.1, -0.05) is 6.92 Å². The van der Waals surface area contributed by atoms with Crippen LogP contribution >= 0.6 is 0 Å². The van der Waals surface area contributed by atoms with Crippen molar-refractivity contribution in [2.24, 2.45) is 0 Å². The van der Waals surface area contributed by atoms with E-state index in [1.165, 1.54) is 18.4 Å². The van der Waals surface area contributed by atoms with Crippen molar-refractivity contribution in [2.45, 2.75) is 25.9 Å². The Hall–Kier alpha value is -1.68. The number of aryl methyl sites for hydroxylation is 1. The Morgan fingerprint density at radius 1 is 1.22 bits per heavy atom. The summed E-state index contributed by atoms with van der Waals surface area (Å²) in [6.07, 6.45) is 1.50. The summed E-state index contributed by atoms with van der Waals surface area (Å²) in [6, 6.07) is 4.93. The summed E-state index contributed by atoms with van der Waals surface area (Å²) in [6.45, 7) is 1.91. The number of halogens is 2. The smallest absolute Gasteiger partial charge is 0.126 e. The molecular weight excluding hydrogens is 238 g/mol. The van der Waals surface area contributed by atoms with Gasteiger partial charge in [0.15, 0.2) is 0 Å². The second kappa shape index (κ2) is 5.31. The van der Waals surface area contributed by atoms with Crippen LogP contribution in [0.25, 0.3) is 0 Å². The Morgan fingerprint density at radius 3 is 2.50 bits per heavy atom. The Kier molecular flexibility index (Phi) is 3.77. The van der Waals surface area contributed by atoms with Crippen LogP contribution in [0.15, 0.2) is 34.9 Å². The molecule has 2 aromatic rings. The molecular formula is C14H14F2O2. The molecule has 1 unspecified atom stereocenters. The van der Waals surface area contributed by atoms with Gasteiger partial charge in [0.2, 0.25) is 0 Å². The molecule has 4 heteroatoms. The normalized spacial score (nSPS) is 12.7. The van der Waals surface area contributed by atoms with Crippen LogP contribution < -0.4 is 0 Å². The number of hydrogen-bond donors (Lipinski definition) is 1. The molecule has 1 aromatic heterocycles. The van der Waals surface area contributed by atoms with Crippen LogP contribution in [0.5, 0.6) is 0 Å². The van der Waals surface area contributed by atoms with E-state index < -0.39 is 17.7 Å². The first kappa shape index (κ1) is 12.8. The quantitative estimate of drug-likeness (QED) is 0.904. The fourth-order valence-corrected chi connectivity index (χ4v) is 2.00. The molecule has 1 heterocycles. The lowest BCUT2D eigenvalue weighted by Crippen LogP contribution is -2.03. The summed E-state index contributed by atoms with van der Waals surface area (Å²) in [7, 11) is 0. The van der Waals surface area contributed by atoms with E-state index in [0.717, 1.165) is 6.07 Å². The van der Waals surface area contributed by atoms with Crippen LogP contribution in [0, 0.1) is 11.6 Å². The highest BCUT2D eigenvalue weighted by Crippen LogP contribution is 2.24. The molecule has 2 rings (SSSR count). The van der Waals surface area contributed by atoms with Gasteiger partial charge in [0.25, 0.3) is 0 Å². The van der Waals surface area contributed by atoms with E-state index in [-0.39, 0.29) is 6.42 Å². The van der Waals surface area contributed by atoms with Gasteiger partial charge in [0.1, 0.15) is 17.4 Å². The van der Waals surface area contributed by atoms with Gasteiger partial charge in [-0.15, -0.1) is 0 Å². The van der Waals surface area contributed by atoms with Crippen molar-refractivity contribution in [3.8, 4) is 0 Å². The molecule has 0 aliphatic heterocycles. The second-order valence-electron chi connectivity index (χ2n) is 4.15. The van der Waals surface area contributed by atoms with Gasteiger partial charge < -0.3 is 9.52 Å². The standard InChI is InChI=1S/C14H14F2O2/c1-2-14-12(3-4-18-14)13(17)7-9-5-10(15)8-11(16)6-9/h3-6,8,13,17H,2,7H2,1H3. The van der Waals surface area contributed by atoms with Crippen molar-refractivity contribution < 1.29 is 18.3 Å². The van der Waals surface area contributed by atoms with Gasteiger partial charge in [-0.05, 0) is 23.8 Å². The fraction of sp³-hybridized carbons (Fsp3) is 0.286. The van der Waals surface area contributed by atoms with Gasteiger partial charge in [-0.3, -0.25) is 0 Å². The van der Waals surface area contributed by atoms with Crippen LogP contribution in [0.4, 0.5) is 8.78 Å². The highest BCUT2D eigenvalue weighted by Gasteiger charge is 2.15. The lowest BCUT2D eigenvalue weighted by Gasteiger charge is -2.10. The van der Waals surface area contributed by atoms with Crippen LogP contribution in [0.3, 0.4) is 0 Å². The maximum absolute atomic E-state index is 13.0. The lowest BCUT2D eigenvalue weighted by molar-refractivity contribution is 0.175. The SMILES string of the molecule is CCc1occc1C(O)Cc1cc(F)cc(F)c1. The summed E-state index contributed by atoms with van der Waals surface area (Å²) in [4.78, 5) is 0. The summed E-state index contributed by atoms with van der Waals surface area (Å²) in [5, 5.41) is 10.1. The highest BCUT2D eigenvalue weighted by atomic mass is 19.1. The highest BCUT2D eigenvalue weighted by molar-refractivity contribution is 5.25. The minimum atomic E-state index is -0.820. The molecule has 18 heavy (non-hydrogen) atoms. The van der Waals surface area contributed by atoms with Crippen LogP contribution in [0.1, 0.15) is 29.9 Å². The third-order valence-corrected chi connectivity index (χ3v) is 2.81. The molecule has 0 radical (unpaired) electrons. The number of furan rings is 1. The number of hydrogen-bond acceptors (Lipinski definition) is 2. The molecule has 0 bridgehead atoms. The van der Waals surface area contributed by atoms with Crippen molar-refractivity contribution >= 4 is 0 Å². The fourth-order valence-electron chi connectivity index (χ4n) is 2.00. The molecule has 1 aromatic carbocycles. The topological polar surface area (TPSA) is 33.4 Å². The molecule has 0 aliphatic carbocycles. The summed E-state index contributed by atoms with van der Waals surface area (Å²) in [5.74, 6) is -0.584. The molecule has 96 valence electrons.